The summed E-state index contributed by atoms with van der Waals surface area (Å²) in [6.07, 6.45) is 1.53. The zero-order valence-electron chi connectivity index (χ0n) is 11.3. The van der Waals surface area contributed by atoms with Gasteiger partial charge in [0.05, 0.1) is 10.1 Å². The van der Waals surface area contributed by atoms with E-state index in [1.54, 1.807) is 6.07 Å². The fourth-order valence-corrected chi connectivity index (χ4v) is 3.73. The molecule has 2 N–H and O–H groups in total. The molecule has 0 aliphatic rings. The lowest BCUT2D eigenvalue weighted by Gasteiger charge is -2.08. The van der Waals surface area contributed by atoms with Crippen LogP contribution in [0.2, 0.25) is 4.34 Å². The van der Waals surface area contributed by atoms with Crippen LogP contribution >= 0.6 is 22.9 Å². The van der Waals surface area contributed by atoms with Crippen LogP contribution in [0.15, 0.2) is 12.1 Å². The van der Waals surface area contributed by atoms with Crippen molar-refractivity contribution in [3.8, 4) is 0 Å². The highest BCUT2D eigenvalue weighted by atomic mass is 35.5. The second-order valence-electron chi connectivity index (χ2n) is 4.66. The van der Waals surface area contributed by atoms with E-state index in [-0.39, 0.29) is 5.75 Å². The Labute approximate surface area is 124 Å². The van der Waals surface area contributed by atoms with E-state index in [1.165, 1.54) is 11.3 Å². The predicted octanol–water partition coefficient (Wildman–Crippen LogP) is 2.60. The molecule has 0 spiro atoms. The van der Waals surface area contributed by atoms with Crippen molar-refractivity contribution >= 4 is 33.0 Å². The van der Waals surface area contributed by atoms with E-state index >= 15 is 0 Å². The van der Waals surface area contributed by atoms with Crippen LogP contribution in [-0.2, 0) is 16.6 Å². The van der Waals surface area contributed by atoms with Crippen molar-refractivity contribution in [2.75, 3.05) is 12.3 Å². The zero-order valence-corrected chi connectivity index (χ0v) is 13.7. The second-order valence-corrected chi connectivity index (χ2v) is 8.39. The lowest BCUT2D eigenvalue weighted by atomic mass is 10.3. The Morgan fingerprint density at radius 1 is 1.32 bits per heavy atom. The molecule has 0 bridgehead atoms. The highest BCUT2D eigenvalue weighted by Crippen LogP contribution is 2.21. The molecule has 0 aromatic carbocycles. The number of unbranched alkanes of at least 4 members (excludes halogenated alkanes) is 1. The van der Waals surface area contributed by atoms with Crippen molar-refractivity contribution in [2.45, 2.75) is 39.3 Å². The molecule has 0 saturated heterocycles. The number of hydrogen-bond acceptors (Lipinski definition) is 4. The van der Waals surface area contributed by atoms with Crippen LogP contribution in [0.4, 0.5) is 0 Å². The maximum absolute atomic E-state index is 11.7. The van der Waals surface area contributed by atoms with Gasteiger partial charge in [0.2, 0.25) is 10.0 Å². The van der Waals surface area contributed by atoms with Crippen molar-refractivity contribution in [2.24, 2.45) is 0 Å². The van der Waals surface area contributed by atoms with Crippen LogP contribution in [0.5, 0.6) is 0 Å². The highest BCUT2D eigenvalue weighted by Gasteiger charge is 2.10. The summed E-state index contributed by atoms with van der Waals surface area (Å²) in [5.41, 5.74) is 0. The van der Waals surface area contributed by atoms with Gasteiger partial charge in [0.25, 0.3) is 0 Å². The van der Waals surface area contributed by atoms with Crippen LogP contribution < -0.4 is 10.0 Å². The Morgan fingerprint density at radius 2 is 2.05 bits per heavy atom. The van der Waals surface area contributed by atoms with Gasteiger partial charge in [-0.15, -0.1) is 11.3 Å². The van der Waals surface area contributed by atoms with E-state index in [4.69, 9.17) is 11.6 Å². The average molecular weight is 325 g/mol. The van der Waals surface area contributed by atoms with Gasteiger partial charge in [-0.1, -0.05) is 25.4 Å². The summed E-state index contributed by atoms with van der Waals surface area (Å²) in [7, 11) is -3.19. The molecule has 0 amide bonds. The fraction of sp³-hybridized carbons (Fsp3) is 0.667. The van der Waals surface area contributed by atoms with Gasteiger partial charge < -0.3 is 5.32 Å². The van der Waals surface area contributed by atoms with Gasteiger partial charge in [0.1, 0.15) is 0 Å². The molecule has 1 aromatic heterocycles. The van der Waals surface area contributed by atoms with Gasteiger partial charge >= 0.3 is 0 Å². The Bertz CT molecular complexity index is 472. The molecule has 110 valence electrons. The van der Waals surface area contributed by atoms with Gasteiger partial charge in [0.15, 0.2) is 0 Å². The van der Waals surface area contributed by atoms with Crippen molar-refractivity contribution in [1.29, 1.82) is 0 Å². The van der Waals surface area contributed by atoms with Crippen molar-refractivity contribution in [1.82, 2.24) is 10.0 Å². The third-order valence-corrected chi connectivity index (χ3v) is 5.13. The quantitative estimate of drug-likeness (QED) is 0.686. The molecule has 0 radical (unpaired) electrons. The fourth-order valence-electron chi connectivity index (χ4n) is 1.51. The lowest BCUT2D eigenvalue weighted by molar-refractivity contribution is 0.555. The van der Waals surface area contributed by atoms with Crippen LogP contribution in [0.25, 0.3) is 0 Å². The molecule has 0 aliphatic carbocycles. The Hall–Kier alpha value is -0.140. The molecular formula is C12H21ClN2O2S2. The van der Waals surface area contributed by atoms with E-state index < -0.39 is 10.0 Å². The number of hydrogen-bond donors (Lipinski definition) is 2. The SMILES string of the molecule is CC(C)NCCCCS(=O)(=O)NCc1ccc(Cl)s1. The highest BCUT2D eigenvalue weighted by molar-refractivity contribution is 7.89. The van der Waals surface area contributed by atoms with E-state index in [0.717, 1.165) is 17.8 Å². The molecule has 7 heteroatoms. The first kappa shape index (κ1) is 16.9. The summed E-state index contributed by atoms with van der Waals surface area (Å²) in [5.74, 6) is 0.173. The smallest absolute Gasteiger partial charge is 0.211 e. The molecule has 0 fully saturated rings. The third-order valence-electron chi connectivity index (χ3n) is 2.49. The molecule has 4 nitrogen and oxygen atoms in total. The standard InChI is InChI=1S/C12H21ClN2O2S2/c1-10(2)14-7-3-4-8-19(16,17)15-9-11-5-6-12(13)18-11/h5-6,10,14-15H,3-4,7-9H2,1-2H3. The summed E-state index contributed by atoms with van der Waals surface area (Å²) in [4.78, 5) is 0.926. The van der Waals surface area contributed by atoms with Crippen LogP contribution in [0.1, 0.15) is 31.6 Å². The molecule has 1 aromatic rings. The summed E-state index contributed by atoms with van der Waals surface area (Å²) >= 11 is 7.18. The largest absolute Gasteiger partial charge is 0.315 e. The maximum atomic E-state index is 11.7. The molecule has 0 unspecified atom stereocenters. The third kappa shape index (κ3) is 7.89. The van der Waals surface area contributed by atoms with Crippen LogP contribution in [-0.4, -0.2) is 26.8 Å². The minimum atomic E-state index is -3.19. The summed E-state index contributed by atoms with van der Waals surface area (Å²) in [6.45, 7) is 5.33. The molecule has 1 rings (SSSR count). The van der Waals surface area contributed by atoms with E-state index in [2.05, 4.69) is 23.9 Å². The van der Waals surface area contributed by atoms with Gasteiger partial charge in [0, 0.05) is 17.5 Å². The summed E-state index contributed by atoms with van der Waals surface area (Å²) in [5, 5.41) is 3.26. The summed E-state index contributed by atoms with van der Waals surface area (Å²) < 4.78 is 26.8. The molecule has 1 heterocycles. The first-order valence-corrected chi connectivity index (χ1v) is 9.18. The monoisotopic (exact) mass is 324 g/mol. The lowest BCUT2D eigenvalue weighted by Crippen LogP contribution is -2.27. The Morgan fingerprint density at radius 3 is 2.63 bits per heavy atom. The van der Waals surface area contributed by atoms with Crippen LogP contribution in [0.3, 0.4) is 0 Å². The normalized spacial score (nSPS) is 12.2. The molecule has 0 aliphatic heterocycles. The molecular weight excluding hydrogens is 304 g/mol. The van der Waals surface area contributed by atoms with Crippen LogP contribution in [0, 0.1) is 0 Å². The first-order chi connectivity index (χ1) is 8.89. The predicted molar refractivity (Wildman–Crippen MR) is 82.3 cm³/mol. The first-order valence-electron chi connectivity index (χ1n) is 6.34. The summed E-state index contributed by atoms with van der Waals surface area (Å²) in [6, 6.07) is 4.05. The topological polar surface area (TPSA) is 58.2 Å². The van der Waals surface area contributed by atoms with E-state index in [1.807, 2.05) is 6.07 Å². The van der Waals surface area contributed by atoms with E-state index in [0.29, 0.717) is 23.3 Å². The maximum Gasteiger partial charge on any atom is 0.211 e. The van der Waals surface area contributed by atoms with Gasteiger partial charge in [-0.25, -0.2) is 13.1 Å². The van der Waals surface area contributed by atoms with Gasteiger partial charge in [-0.2, -0.15) is 0 Å². The Balaban J connectivity index is 2.21. The second kappa shape index (κ2) is 8.21. The number of rotatable bonds is 9. The molecule has 0 saturated carbocycles. The molecule has 0 atom stereocenters. The minimum absolute atomic E-state index is 0.173. The average Bonchev–Trinajstić information content (AvgIpc) is 2.72. The van der Waals surface area contributed by atoms with Crippen molar-refractivity contribution in [3.05, 3.63) is 21.3 Å². The Kier molecular flexibility index (Phi) is 7.31. The minimum Gasteiger partial charge on any atom is -0.315 e. The zero-order chi connectivity index (χ0) is 14.3. The number of halogens is 1. The van der Waals surface area contributed by atoms with Gasteiger partial charge in [-0.3, -0.25) is 0 Å². The van der Waals surface area contributed by atoms with E-state index in [9.17, 15) is 8.42 Å². The van der Waals surface area contributed by atoms with Crippen molar-refractivity contribution in [3.63, 3.8) is 0 Å². The number of thiophene rings is 1. The van der Waals surface area contributed by atoms with Crippen molar-refractivity contribution < 1.29 is 8.42 Å². The molecule has 19 heavy (non-hydrogen) atoms. The van der Waals surface area contributed by atoms with Gasteiger partial charge in [-0.05, 0) is 31.5 Å². The number of sulfonamides is 1. The number of nitrogens with one attached hydrogen (secondary N) is 2.